The Morgan fingerprint density at radius 2 is 1.27 bits per heavy atom. The van der Waals surface area contributed by atoms with Gasteiger partial charge in [0.05, 0.1) is 22.4 Å². The second-order valence-electron chi connectivity index (χ2n) is 10.3. The fourth-order valence-electron chi connectivity index (χ4n) is 3.12. The van der Waals surface area contributed by atoms with Crippen molar-refractivity contribution in [1.29, 1.82) is 0 Å². The zero-order chi connectivity index (χ0) is 24.9. The zero-order valence-electron chi connectivity index (χ0n) is 20.3. The van der Waals surface area contributed by atoms with Crippen molar-refractivity contribution in [2.24, 2.45) is 0 Å². The van der Waals surface area contributed by atoms with E-state index in [0.29, 0.717) is 5.46 Å². The van der Waals surface area contributed by atoms with E-state index in [9.17, 15) is 13.2 Å². The number of alkyl halides is 3. The van der Waals surface area contributed by atoms with E-state index < -0.39 is 31.0 Å². The third kappa shape index (κ3) is 5.64. The molecular formula is C20H31B2F3N4O4. The Kier molecular flexibility index (Phi) is 6.60. The quantitative estimate of drug-likeness (QED) is 0.695. The lowest BCUT2D eigenvalue weighted by molar-refractivity contribution is -0.142. The van der Waals surface area contributed by atoms with E-state index in [-0.39, 0.29) is 18.3 Å². The standard InChI is InChI=1S/C11H16BF3N2O2.C9H15BN2O2/c1-9(2)10(3,4)19-12(18-9)8-5-16-17(6-8)7-11(13,14)15;1-8(2)9(3,4)14-10(13-8)7-5-11-12-6-7/h5-6H,7H2,1-4H3;5-6H,1-4H3,(H,11,12). The summed E-state index contributed by atoms with van der Waals surface area (Å²) in [4.78, 5) is 0. The lowest BCUT2D eigenvalue weighted by atomic mass is 9.82. The third-order valence-corrected chi connectivity index (χ3v) is 6.56. The lowest BCUT2D eigenvalue weighted by Gasteiger charge is -2.32. The van der Waals surface area contributed by atoms with Crippen LogP contribution in [0.2, 0.25) is 0 Å². The number of aromatic nitrogens is 4. The Bertz CT molecular complexity index is 914. The van der Waals surface area contributed by atoms with E-state index >= 15 is 0 Å². The van der Waals surface area contributed by atoms with Crippen LogP contribution >= 0.6 is 0 Å². The van der Waals surface area contributed by atoms with Crippen molar-refractivity contribution >= 4 is 25.2 Å². The van der Waals surface area contributed by atoms with Gasteiger partial charge in [0.15, 0.2) is 0 Å². The maximum Gasteiger partial charge on any atom is 0.498 e. The summed E-state index contributed by atoms with van der Waals surface area (Å²) in [5.74, 6) is 0. The van der Waals surface area contributed by atoms with Gasteiger partial charge in [-0.25, -0.2) is 0 Å². The van der Waals surface area contributed by atoms with Gasteiger partial charge >= 0.3 is 20.4 Å². The summed E-state index contributed by atoms with van der Waals surface area (Å²) in [6.45, 7) is 14.5. The molecule has 1 N–H and O–H groups in total. The molecule has 33 heavy (non-hydrogen) atoms. The summed E-state index contributed by atoms with van der Waals surface area (Å²) in [6, 6.07) is 0. The summed E-state index contributed by atoms with van der Waals surface area (Å²) < 4.78 is 60.7. The Morgan fingerprint density at radius 1 is 0.818 bits per heavy atom. The molecule has 0 bridgehead atoms. The van der Waals surface area contributed by atoms with Crippen molar-refractivity contribution in [3.8, 4) is 0 Å². The van der Waals surface area contributed by atoms with Crippen LogP contribution in [0.4, 0.5) is 13.2 Å². The van der Waals surface area contributed by atoms with Gasteiger partial charge < -0.3 is 18.6 Å². The first kappa shape index (κ1) is 25.8. The van der Waals surface area contributed by atoms with Crippen molar-refractivity contribution in [3.63, 3.8) is 0 Å². The first-order chi connectivity index (χ1) is 14.9. The van der Waals surface area contributed by atoms with Crippen LogP contribution in [-0.2, 0) is 25.2 Å². The molecule has 0 unspecified atom stereocenters. The summed E-state index contributed by atoms with van der Waals surface area (Å²) in [5.41, 5.74) is -0.191. The predicted molar refractivity (Wildman–Crippen MR) is 118 cm³/mol. The van der Waals surface area contributed by atoms with Gasteiger partial charge in [-0.3, -0.25) is 9.78 Å². The molecule has 2 fully saturated rings. The molecule has 2 aromatic heterocycles. The number of H-pyrrole nitrogens is 1. The van der Waals surface area contributed by atoms with Crippen LogP contribution < -0.4 is 10.9 Å². The van der Waals surface area contributed by atoms with Crippen LogP contribution in [0.3, 0.4) is 0 Å². The molecule has 0 amide bonds. The van der Waals surface area contributed by atoms with E-state index in [2.05, 4.69) is 15.3 Å². The van der Waals surface area contributed by atoms with Crippen LogP contribution in [-0.4, -0.2) is 62.8 Å². The molecule has 0 aromatic carbocycles. The van der Waals surface area contributed by atoms with Crippen molar-refractivity contribution in [3.05, 3.63) is 24.8 Å². The van der Waals surface area contributed by atoms with Crippen LogP contribution in [0.15, 0.2) is 24.8 Å². The number of rotatable bonds is 3. The summed E-state index contributed by atoms with van der Waals surface area (Å²) in [7, 11) is -0.995. The normalized spacial score (nSPS) is 22.9. The summed E-state index contributed by atoms with van der Waals surface area (Å²) in [5, 5.41) is 10.3. The molecule has 0 atom stereocenters. The Labute approximate surface area is 192 Å². The molecule has 4 rings (SSSR count). The monoisotopic (exact) mass is 470 g/mol. The molecule has 182 valence electrons. The van der Waals surface area contributed by atoms with E-state index in [1.165, 1.54) is 12.4 Å². The van der Waals surface area contributed by atoms with Gasteiger partial charge in [-0.15, -0.1) is 0 Å². The van der Waals surface area contributed by atoms with E-state index in [1.807, 2.05) is 55.4 Å². The summed E-state index contributed by atoms with van der Waals surface area (Å²) >= 11 is 0. The smallest absolute Gasteiger partial charge is 0.399 e. The molecular weight excluding hydrogens is 439 g/mol. The molecule has 4 heterocycles. The third-order valence-electron chi connectivity index (χ3n) is 6.56. The molecule has 2 aliphatic rings. The SMILES string of the molecule is CC1(C)OB(c2cn[nH]c2)OC1(C)C.CC1(C)OB(c2cnn(CC(F)(F)F)c2)OC1(C)C. The minimum Gasteiger partial charge on any atom is -0.399 e. The molecule has 0 spiro atoms. The minimum absolute atomic E-state index is 0.283. The number of nitrogens with zero attached hydrogens (tertiary/aromatic N) is 3. The molecule has 0 radical (unpaired) electrons. The Balaban J connectivity index is 0.000000194. The fraction of sp³-hybridized carbons (Fsp3) is 0.700. The van der Waals surface area contributed by atoms with Gasteiger partial charge in [-0.1, -0.05) is 0 Å². The van der Waals surface area contributed by atoms with Gasteiger partial charge in [0.1, 0.15) is 6.54 Å². The molecule has 2 saturated heterocycles. The Hall–Kier alpha value is -1.82. The van der Waals surface area contributed by atoms with Crippen LogP contribution in [0.1, 0.15) is 55.4 Å². The van der Waals surface area contributed by atoms with Crippen LogP contribution in [0.25, 0.3) is 0 Å². The highest BCUT2D eigenvalue weighted by Gasteiger charge is 2.53. The summed E-state index contributed by atoms with van der Waals surface area (Å²) in [6.07, 6.45) is 1.87. The van der Waals surface area contributed by atoms with Crippen LogP contribution in [0, 0.1) is 0 Å². The number of aromatic amines is 1. The highest BCUT2D eigenvalue weighted by molar-refractivity contribution is 6.62. The van der Waals surface area contributed by atoms with Gasteiger partial charge in [0.25, 0.3) is 0 Å². The van der Waals surface area contributed by atoms with E-state index in [0.717, 1.165) is 10.1 Å². The molecule has 2 aliphatic heterocycles. The molecule has 0 saturated carbocycles. The predicted octanol–water partition coefficient (Wildman–Crippen LogP) is 2.45. The van der Waals surface area contributed by atoms with Crippen molar-refractivity contribution in [1.82, 2.24) is 20.0 Å². The maximum atomic E-state index is 12.3. The number of hydrogen-bond acceptors (Lipinski definition) is 6. The Morgan fingerprint density at radius 3 is 1.67 bits per heavy atom. The molecule has 13 heteroatoms. The second-order valence-corrected chi connectivity index (χ2v) is 10.3. The number of halogens is 3. The first-order valence-corrected chi connectivity index (χ1v) is 10.7. The second kappa shape index (κ2) is 8.44. The van der Waals surface area contributed by atoms with Crippen molar-refractivity contribution < 1.29 is 31.8 Å². The highest BCUT2D eigenvalue weighted by atomic mass is 19.4. The van der Waals surface area contributed by atoms with Gasteiger partial charge in [-0.2, -0.15) is 23.4 Å². The van der Waals surface area contributed by atoms with Gasteiger partial charge in [0, 0.05) is 35.7 Å². The first-order valence-electron chi connectivity index (χ1n) is 10.7. The van der Waals surface area contributed by atoms with Crippen molar-refractivity contribution in [2.45, 2.75) is 90.5 Å². The largest absolute Gasteiger partial charge is 0.498 e. The average molecular weight is 470 g/mol. The molecule has 2 aromatic rings. The maximum absolute atomic E-state index is 12.3. The molecule has 0 aliphatic carbocycles. The van der Waals surface area contributed by atoms with E-state index in [4.69, 9.17) is 18.6 Å². The average Bonchev–Trinajstić information content (AvgIpc) is 3.36. The van der Waals surface area contributed by atoms with E-state index in [1.54, 1.807) is 12.4 Å². The van der Waals surface area contributed by atoms with Crippen molar-refractivity contribution in [2.75, 3.05) is 0 Å². The zero-order valence-corrected chi connectivity index (χ0v) is 20.3. The molecule has 8 nitrogen and oxygen atoms in total. The number of nitrogens with one attached hydrogen (secondary N) is 1. The highest BCUT2D eigenvalue weighted by Crippen LogP contribution is 2.37. The topological polar surface area (TPSA) is 83.4 Å². The number of hydrogen-bond donors (Lipinski definition) is 1. The minimum atomic E-state index is -4.29. The van der Waals surface area contributed by atoms with Crippen LogP contribution in [0.5, 0.6) is 0 Å². The lowest BCUT2D eigenvalue weighted by Crippen LogP contribution is -2.41. The van der Waals surface area contributed by atoms with Gasteiger partial charge in [-0.05, 0) is 55.4 Å². The fourth-order valence-corrected chi connectivity index (χ4v) is 3.12. The van der Waals surface area contributed by atoms with Gasteiger partial charge in [0.2, 0.25) is 0 Å².